The predicted molar refractivity (Wildman–Crippen MR) is 107 cm³/mol. The van der Waals surface area contributed by atoms with Crippen LogP contribution in [-0.2, 0) is 11.3 Å². The molecular weight excluding hydrogens is 366 g/mol. The Morgan fingerprint density at radius 3 is 2.57 bits per heavy atom. The molecule has 1 aromatic carbocycles. The zero-order chi connectivity index (χ0) is 20.4. The first-order valence-corrected chi connectivity index (χ1v) is 9.78. The Balaban J connectivity index is 1.90. The minimum Gasteiger partial charge on any atom is -0.434 e. The van der Waals surface area contributed by atoms with E-state index >= 15 is 0 Å². The van der Waals surface area contributed by atoms with Gasteiger partial charge in [0.1, 0.15) is 5.75 Å². The number of halogens is 2. The molecule has 1 unspecified atom stereocenters. The minimum atomic E-state index is -2.84. The van der Waals surface area contributed by atoms with Crippen molar-refractivity contribution in [1.82, 2.24) is 15.5 Å². The highest BCUT2D eigenvalue weighted by Gasteiger charge is 2.22. The lowest BCUT2D eigenvalue weighted by Gasteiger charge is -2.35. The molecule has 28 heavy (non-hydrogen) atoms. The molecule has 2 N–H and O–H groups in total. The third-order valence-electron chi connectivity index (χ3n) is 4.67. The van der Waals surface area contributed by atoms with Gasteiger partial charge in [0.05, 0.1) is 13.2 Å². The van der Waals surface area contributed by atoms with Crippen LogP contribution in [0.4, 0.5) is 8.78 Å². The van der Waals surface area contributed by atoms with Gasteiger partial charge in [-0.2, -0.15) is 8.78 Å². The highest BCUT2D eigenvalue weighted by Crippen LogP contribution is 2.20. The van der Waals surface area contributed by atoms with E-state index in [4.69, 9.17) is 4.74 Å². The van der Waals surface area contributed by atoms with Crippen LogP contribution in [0.1, 0.15) is 25.8 Å². The molecule has 158 valence electrons. The van der Waals surface area contributed by atoms with E-state index in [9.17, 15) is 8.78 Å². The lowest BCUT2D eigenvalue weighted by atomic mass is 10.0. The van der Waals surface area contributed by atoms with Gasteiger partial charge in [-0.25, -0.2) is 0 Å². The minimum absolute atomic E-state index is 0.173. The molecule has 0 bridgehead atoms. The summed E-state index contributed by atoms with van der Waals surface area (Å²) in [4.78, 5) is 6.71. The van der Waals surface area contributed by atoms with Crippen molar-refractivity contribution in [3.05, 3.63) is 29.8 Å². The number of aliphatic imine (C=N–C) groups is 1. The van der Waals surface area contributed by atoms with Crippen LogP contribution < -0.4 is 15.4 Å². The molecule has 0 aliphatic carbocycles. The maximum atomic E-state index is 12.6. The van der Waals surface area contributed by atoms with E-state index in [2.05, 4.69) is 39.1 Å². The molecule has 1 saturated heterocycles. The van der Waals surface area contributed by atoms with Crippen LogP contribution in [0.3, 0.4) is 0 Å². The highest BCUT2D eigenvalue weighted by atomic mass is 19.3. The molecule has 0 amide bonds. The van der Waals surface area contributed by atoms with E-state index in [-0.39, 0.29) is 5.75 Å². The third-order valence-corrected chi connectivity index (χ3v) is 4.67. The molecule has 1 heterocycles. The molecular formula is C20H32F2N4O2. The molecule has 8 heteroatoms. The number of para-hydroxylation sites is 1. The number of nitrogens with one attached hydrogen (secondary N) is 2. The van der Waals surface area contributed by atoms with Gasteiger partial charge in [0.25, 0.3) is 0 Å². The molecule has 6 nitrogen and oxygen atoms in total. The van der Waals surface area contributed by atoms with Crippen molar-refractivity contribution in [1.29, 1.82) is 0 Å². The van der Waals surface area contributed by atoms with E-state index in [1.54, 1.807) is 25.2 Å². The molecule has 1 aromatic rings. The molecule has 2 rings (SSSR count). The quantitative estimate of drug-likeness (QED) is 0.495. The van der Waals surface area contributed by atoms with Crippen LogP contribution in [0.2, 0.25) is 0 Å². The third kappa shape index (κ3) is 7.59. The Labute approximate surface area is 166 Å². The van der Waals surface area contributed by atoms with Crippen LogP contribution in [0.15, 0.2) is 29.3 Å². The number of rotatable bonds is 9. The van der Waals surface area contributed by atoms with E-state index in [0.29, 0.717) is 30.0 Å². The van der Waals surface area contributed by atoms with Crippen molar-refractivity contribution in [2.24, 2.45) is 10.9 Å². The second-order valence-corrected chi connectivity index (χ2v) is 7.22. The van der Waals surface area contributed by atoms with Gasteiger partial charge in [-0.3, -0.25) is 9.89 Å². The van der Waals surface area contributed by atoms with E-state index < -0.39 is 6.61 Å². The number of alkyl halides is 2. The summed E-state index contributed by atoms with van der Waals surface area (Å²) in [7, 11) is 1.70. The topological polar surface area (TPSA) is 58.1 Å². The monoisotopic (exact) mass is 398 g/mol. The Hall–Kier alpha value is -1.93. The van der Waals surface area contributed by atoms with Crippen molar-refractivity contribution in [3.8, 4) is 5.75 Å². The molecule has 0 spiro atoms. The van der Waals surface area contributed by atoms with Gasteiger partial charge >= 0.3 is 6.61 Å². The zero-order valence-corrected chi connectivity index (χ0v) is 17.0. The summed E-state index contributed by atoms with van der Waals surface area (Å²) in [6, 6.07) is 7.15. The van der Waals surface area contributed by atoms with Crippen LogP contribution in [-0.4, -0.2) is 63.4 Å². The van der Waals surface area contributed by atoms with Gasteiger partial charge < -0.3 is 20.1 Å². The summed E-state index contributed by atoms with van der Waals surface area (Å²) in [5, 5.41) is 6.55. The van der Waals surface area contributed by atoms with Gasteiger partial charge in [-0.05, 0) is 18.4 Å². The Morgan fingerprint density at radius 1 is 1.21 bits per heavy atom. The first-order chi connectivity index (χ1) is 13.5. The molecule has 1 fully saturated rings. The highest BCUT2D eigenvalue weighted by molar-refractivity contribution is 5.79. The van der Waals surface area contributed by atoms with E-state index in [1.165, 1.54) is 6.07 Å². The summed E-state index contributed by atoms with van der Waals surface area (Å²) in [6.07, 6.45) is 1.08. The largest absolute Gasteiger partial charge is 0.434 e. The maximum Gasteiger partial charge on any atom is 0.387 e. The Morgan fingerprint density at radius 2 is 1.93 bits per heavy atom. The maximum absolute atomic E-state index is 12.6. The Bertz CT molecular complexity index is 608. The van der Waals surface area contributed by atoms with Crippen LogP contribution in [0, 0.1) is 5.92 Å². The van der Waals surface area contributed by atoms with Crippen molar-refractivity contribution in [3.63, 3.8) is 0 Å². The smallest absolute Gasteiger partial charge is 0.387 e. The molecule has 1 aliphatic heterocycles. The predicted octanol–water partition coefficient (Wildman–Crippen LogP) is 2.70. The second kappa shape index (κ2) is 11.8. The van der Waals surface area contributed by atoms with Crippen LogP contribution in [0.5, 0.6) is 5.75 Å². The number of morpholine rings is 1. The fourth-order valence-corrected chi connectivity index (χ4v) is 3.32. The summed E-state index contributed by atoms with van der Waals surface area (Å²) >= 11 is 0. The summed E-state index contributed by atoms with van der Waals surface area (Å²) in [5.41, 5.74) is 0.651. The first-order valence-electron chi connectivity index (χ1n) is 9.78. The summed E-state index contributed by atoms with van der Waals surface area (Å²) in [6.45, 7) is 6.10. The number of ether oxygens (including phenoxy) is 2. The Kier molecular flexibility index (Phi) is 9.43. The zero-order valence-electron chi connectivity index (χ0n) is 17.0. The molecule has 0 saturated carbocycles. The molecule has 1 atom stereocenters. The van der Waals surface area contributed by atoms with Gasteiger partial charge in [0, 0.05) is 44.8 Å². The van der Waals surface area contributed by atoms with E-state index in [1.807, 2.05) is 0 Å². The molecule has 1 aliphatic rings. The fraction of sp³-hybridized carbons (Fsp3) is 0.650. The van der Waals surface area contributed by atoms with Gasteiger partial charge in [0.15, 0.2) is 5.96 Å². The summed E-state index contributed by atoms with van der Waals surface area (Å²) < 4.78 is 35.2. The number of benzene rings is 1. The second-order valence-electron chi connectivity index (χ2n) is 7.22. The number of hydrogen-bond donors (Lipinski definition) is 2. The normalized spacial score (nSPS) is 17.0. The first kappa shape index (κ1) is 22.4. The summed E-state index contributed by atoms with van der Waals surface area (Å²) in [5.74, 6) is 1.39. The number of nitrogens with zero attached hydrogens (tertiary/aromatic N) is 2. The lowest BCUT2D eigenvalue weighted by Crippen LogP contribution is -2.51. The van der Waals surface area contributed by atoms with Gasteiger partial charge in [-0.15, -0.1) is 0 Å². The fourth-order valence-electron chi connectivity index (χ4n) is 3.32. The van der Waals surface area contributed by atoms with Crippen LogP contribution in [0.25, 0.3) is 0 Å². The molecule has 0 radical (unpaired) electrons. The number of guanidine groups is 1. The van der Waals surface area contributed by atoms with Crippen molar-refractivity contribution >= 4 is 5.96 Å². The van der Waals surface area contributed by atoms with Crippen molar-refractivity contribution in [2.45, 2.75) is 39.5 Å². The van der Waals surface area contributed by atoms with Crippen molar-refractivity contribution in [2.75, 3.05) is 39.9 Å². The lowest BCUT2D eigenvalue weighted by molar-refractivity contribution is -0.0504. The average molecular weight is 398 g/mol. The average Bonchev–Trinajstić information content (AvgIpc) is 2.68. The number of hydrogen-bond acceptors (Lipinski definition) is 4. The SMILES string of the molecule is CN=C(NCc1ccccc1OC(F)F)NCC(CC(C)C)N1CCOCC1. The van der Waals surface area contributed by atoms with Crippen LogP contribution >= 0.6 is 0 Å². The standard InChI is InChI=1S/C20H32F2N4O2/c1-15(2)12-17(26-8-10-27-11-9-26)14-25-20(23-3)24-13-16-6-4-5-7-18(16)28-19(21)22/h4-7,15,17,19H,8-14H2,1-3H3,(H2,23,24,25). The van der Waals surface area contributed by atoms with Gasteiger partial charge in [-0.1, -0.05) is 32.0 Å². The van der Waals surface area contributed by atoms with Gasteiger partial charge in [0.2, 0.25) is 0 Å². The molecule has 0 aromatic heterocycles. The van der Waals surface area contributed by atoms with E-state index in [0.717, 1.165) is 39.3 Å². The van der Waals surface area contributed by atoms with Crippen molar-refractivity contribution < 1.29 is 18.3 Å².